The number of esters is 2. The van der Waals surface area contributed by atoms with Gasteiger partial charge in [-0.15, -0.1) is 0 Å². The summed E-state index contributed by atoms with van der Waals surface area (Å²) in [6.45, 7) is 11.2. The molecule has 1 fully saturated rings. The van der Waals surface area contributed by atoms with Crippen molar-refractivity contribution in [1.82, 2.24) is 0 Å². The lowest BCUT2D eigenvalue weighted by molar-refractivity contribution is -0.172. The van der Waals surface area contributed by atoms with Gasteiger partial charge >= 0.3 is 11.9 Å². The van der Waals surface area contributed by atoms with Gasteiger partial charge < -0.3 is 9.47 Å². The van der Waals surface area contributed by atoms with E-state index in [2.05, 4.69) is 34.6 Å². The smallest absolute Gasteiger partial charge is 0.312 e. The zero-order chi connectivity index (χ0) is 18.9. The molecule has 0 N–H and O–H groups in total. The second-order valence-corrected chi connectivity index (χ2v) is 8.13. The summed E-state index contributed by atoms with van der Waals surface area (Å²) in [6.07, 6.45) is 8.36. The molecule has 1 saturated heterocycles. The van der Waals surface area contributed by atoms with E-state index >= 15 is 0 Å². The van der Waals surface area contributed by atoms with E-state index in [1.807, 2.05) is 0 Å². The summed E-state index contributed by atoms with van der Waals surface area (Å²) in [4.78, 5) is 24.8. The summed E-state index contributed by atoms with van der Waals surface area (Å²) in [5.74, 6) is -0.217. The minimum atomic E-state index is -0.362. The van der Waals surface area contributed by atoms with Crippen LogP contribution in [0.3, 0.4) is 0 Å². The van der Waals surface area contributed by atoms with Crippen LogP contribution in [-0.2, 0) is 19.1 Å². The van der Waals surface area contributed by atoms with Crippen molar-refractivity contribution in [2.24, 2.45) is 16.7 Å². The highest BCUT2D eigenvalue weighted by Gasteiger charge is 2.41. The van der Waals surface area contributed by atoms with Gasteiger partial charge in [-0.25, -0.2) is 0 Å². The van der Waals surface area contributed by atoms with Crippen LogP contribution < -0.4 is 0 Å². The van der Waals surface area contributed by atoms with Gasteiger partial charge in [0.15, 0.2) is 0 Å². The number of cyclic esters (lactones) is 1. The van der Waals surface area contributed by atoms with Gasteiger partial charge in [0.25, 0.3) is 0 Å². The van der Waals surface area contributed by atoms with Crippen LogP contribution in [0.15, 0.2) is 0 Å². The van der Waals surface area contributed by atoms with Crippen LogP contribution in [0.2, 0.25) is 0 Å². The second-order valence-electron chi connectivity index (χ2n) is 8.13. The molecule has 4 heteroatoms. The van der Waals surface area contributed by atoms with Gasteiger partial charge in [0, 0.05) is 5.41 Å². The number of rotatable bonds is 11. The lowest BCUT2D eigenvalue weighted by Crippen LogP contribution is -2.42. The maximum Gasteiger partial charge on any atom is 0.312 e. The highest BCUT2D eigenvalue weighted by Crippen LogP contribution is 2.38. The molecule has 4 nitrogen and oxygen atoms in total. The minimum absolute atomic E-state index is 0.0559. The molecule has 0 spiro atoms. The van der Waals surface area contributed by atoms with Crippen molar-refractivity contribution in [2.75, 3.05) is 13.2 Å². The Labute approximate surface area is 154 Å². The average Bonchev–Trinajstić information content (AvgIpc) is 2.62. The Kier molecular flexibility index (Phi) is 8.95. The molecule has 2 atom stereocenters. The zero-order valence-corrected chi connectivity index (χ0v) is 17.0. The quantitative estimate of drug-likeness (QED) is 0.473. The molecule has 0 bridgehead atoms. The maximum absolute atomic E-state index is 12.8. The molecule has 0 amide bonds. The molecule has 1 aliphatic heterocycles. The van der Waals surface area contributed by atoms with E-state index in [1.165, 1.54) is 0 Å². The number of ether oxygens (including phenoxy) is 2. The van der Waals surface area contributed by atoms with Crippen LogP contribution in [0.1, 0.15) is 92.4 Å². The molecule has 0 aromatic heterocycles. The Morgan fingerprint density at radius 1 is 1.20 bits per heavy atom. The molecular weight excluding hydrogens is 316 g/mol. The molecule has 0 radical (unpaired) electrons. The van der Waals surface area contributed by atoms with E-state index in [0.29, 0.717) is 13.2 Å². The first-order chi connectivity index (χ1) is 11.9. The van der Waals surface area contributed by atoms with E-state index in [1.54, 1.807) is 0 Å². The van der Waals surface area contributed by atoms with E-state index in [0.717, 1.165) is 57.8 Å². The molecule has 0 saturated carbocycles. The lowest BCUT2D eigenvalue weighted by Gasteiger charge is -2.38. The standard InChI is InChI=1S/C21H38O4/c1-6-10-12-17-14-20(5,15-24-18(17)22)16-25-19(23)21(8-3,9-4)13-11-7-2/h17H,6-16H2,1-5H3. The van der Waals surface area contributed by atoms with Crippen molar-refractivity contribution >= 4 is 11.9 Å². The van der Waals surface area contributed by atoms with Gasteiger partial charge in [-0.3, -0.25) is 9.59 Å². The van der Waals surface area contributed by atoms with Crippen LogP contribution in [0, 0.1) is 16.7 Å². The van der Waals surface area contributed by atoms with Gasteiger partial charge in [0.2, 0.25) is 0 Å². The van der Waals surface area contributed by atoms with Crippen LogP contribution in [-0.4, -0.2) is 25.2 Å². The summed E-state index contributed by atoms with van der Waals surface area (Å²) in [6, 6.07) is 0. The van der Waals surface area contributed by atoms with Gasteiger partial charge in [0.05, 0.1) is 24.5 Å². The van der Waals surface area contributed by atoms with Gasteiger partial charge in [-0.1, -0.05) is 60.3 Å². The summed E-state index contributed by atoms with van der Waals surface area (Å²) in [5, 5.41) is 0. The van der Waals surface area contributed by atoms with Crippen molar-refractivity contribution in [1.29, 1.82) is 0 Å². The number of carbonyl (C=O) groups is 2. The van der Waals surface area contributed by atoms with Crippen LogP contribution in [0.4, 0.5) is 0 Å². The normalized spacial score (nSPS) is 24.0. The molecule has 1 aliphatic rings. The van der Waals surface area contributed by atoms with Crippen molar-refractivity contribution in [3.8, 4) is 0 Å². The van der Waals surface area contributed by atoms with E-state index in [4.69, 9.17) is 9.47 Å². The van der Waals surface area contributed by atoms with E-state index in [9.17, 15) is 9.59 Å². The summed E-state index contributed by atoms with van der Waals surface area (Å²) in [5.41, 5.74) is -0.626. The minimum Gasteiger partial charge on any atom is -0.465 e. The first-order valence-corrected chi connectivity index (χ1v) is 10.2. The fraction of sp³-hybridized carbons (Fsp3) is 0.905. The summed E-state index contributed by atoms with van der Waals surface area (Å²) >= 11 is 0. The SMILES string of the molecule is CCCCC1CC(C)(COC(=O)C(CC)(CC)CCCC)COC1=O. The van der Waals surface area contributed by atoms with Crippen LogP contribution >= 0.6 is 0 Å². The Hall–Kier alpha value is -1.06. The molecular formula is C21H38O4. The predicted molar refractivity (Wildman–Crippen MR) is 100 cm³/mol. The Bertz CT molecular complexity index is 428. The molecule has 0 aromatic carbocycles. The number of hydrogen-bond donors (Lipinski definition) is 0. The molecule has 0 aliphatic carbocycles. The van der Waals surface area contributed by atoms with E-state index < -0.39 is 0 Å². The van der Waals surface area contributed by atoms with Crippen molar-refractivity contribution < 1.29 is 19.1 Å². The fourth-order valence-electron chi connectivity index (χ4n) is 3.77. The van der Waals surface area contributed by atoms with Gasteiger partial charge in [-0.2, -0.15) is 0 Å². The van der Waals surface area contributed by atoms with Crippen LogP contribution in [0.25, 0.3) is 0 Å². The van der Waals surface area contributed by atoms with Gasteiger partial charge in [0.1, 0.15) is 0 Å². The number of unbranched alkanes of at least 4 members (excludes halogenated alkanes) is 2. The average molecular weight is 355 g/mol. The largest absolute Gasteiger partial charge is 0.465 e. The monoisotopic (exact) mass is 354 g/mol. The predicted octanol–water partition coefficient (Wildman–Crippen LogP) is 5.29. The molecule has 1 heterocycles. The highest BCUT2D eigenvalue weighted by atomic mass is 16.6. The Morgan fingerprint density at radius 2 is 1.84 bits per heavy atom. The third-order valence-corrected chi connectivity index (χ3v) is 5.89. The molecule has 0 aromatic rings. The van der Waals surface area contributed by atoms with Crippen molar-refractivity contribution in [3.05, 3.63) is 0 Å². The van der Waals surface area contributed by atoms with Crippen molar-refractivity contribution in [2.45, 2.75) is 92.4 Å². The van der Waals surface area contributed by atoms with Gasteiger partial charge in [-0.05, 0) is 32.1 Å². The molecule has 25 heavy (non-hydrogen) atoms. The molecule has 2 unspecified atom stereocenters. The van der Waals surface area contributed by atoms with Crippen molar-refractivity contribution in [3.63, 3.8) is 0 Å². The first kappa shape index (κ1) is 22.0. The highest BCUT2D eigenvalue weighted by molar-refractivity contribution is 5.77. The number of hydrogen-bond acceptors (Lipinski definition) is 4. The zero-order valence-electron chi connectivity index (χ0n) is 17.0. The van der Waals surface area contributed by atoms with E-state index in [-0.39, 0.29) is 28.7 Å². The van der Waals surface area contributed by atoms with Crippen LogP contribution in [0.5, 0.6) is 0 Å². The second kappa shape index (κ2) is 10.2. The number of carbonyl (C=O) groups excluding carboxylic acids is 2. The topological polar surface area (TPSA) is 52.6 Å². The first-order valence-electron chi connectivity index (χ1n) is 10.2. The Morgan fingerprint density at radius 3 is 2.40 bits per heavy atom. The summed E-state index contributed by atoms with van der Waals surface area (Å²) < 4.78 is 11.2. The third kappa shape index (κ3) is 6.00. The third-order valence-electron chi connectivity index (χ3n) is 5.89. The lowest BCUT2D eigenvalue weighted by atomic mass is 9.77. The fourth-order valence-corrected chi connectivity index (χ4v) is 3.77. The Balaban J connectivity index is 2.67. The molecule has 146 valence electrons. The maximum atomic E-state index is 12.8. The summed E-state index contributed by atoms with van der Waals surface area (Å²) in [7, 11) is 0. The molecule has 1 rings (SSSR count).